The van der Waals surface area contributed by atoms with Crippen LogP contribution in [0.4, 0.5) is 0 Å². The van der Waals surface area contributed by atoms with Crippen LogP contribution in [0.15, 0.2) is 67.1 Å². The van der Waals surface area contributed by atoms with Crippen molar-refractivity contribution in [2.24, 2.45) is 0 Å². The molecule has 2 aromatic carbocycles. The summed E-state index contributed by atoms with van der Waals surface area (Å²) in [5.41, 5.74) is 1.51. The smallest absolute Gasteiger partial charge is 0.195 e. The first-order chi connectivity index (χ1) is 12.2. The topological polar surface area (TPSA) is 67.9 Å². The molecule has 0 aliphatic carbocycles. The Morgan fingerprint density at radius 2 is 1.68 bits per heavy atom. The maximum Gasteiger partial charge on any atom is 0.195 e. The number of aromatic amines is 1. The van der Waals surface area contributed by atoms with Crippen molar-refractivity contribution >= 4 is 28.4 Å². The molecular weight excluding hydrogens is 338 g/mol. The van der Waals surface area contributed by atoms with Crippen LogP contribution in [-0.2, 0) is 0 Å². The highest BCUT2D eigenvalue weighted by Gasteiger charge is 2.17. The Kier molecular flexibility index (Phi) is 3.91. The van der Waals surface area contributed by atoms with Gasteiger partial charge in [-0.25, -0.2) is 9.97 Å². The van der Waals surface area contributed by atoms with Crippen molar-refractivity contribution in [3.8, 4) is 11.5 Å². The van der Waals surface area contributed by atoms with Gasteiger partial charge < -0.3 is 9.72 Å². The predicted octanol–water partition coefficient (Wildman–Crippen LogP) is 4.63. The van der Waals surface area contributed by atoms with Gasteiger partial charge in [0.05, 0.1) is 10.9 Å². The van der Waals surface area contributed by atoms with Crippen molar-refractivity contribution in [3.05, 3.63) is 83.4 Å². The molecule has 25 heavy (non-hydrogen) atoms. The molecule has 2 heterocycles. The summed E-state index contributed by atoms with van der Waals surface area (Å²) in [5, 5.41) is 0.775. The van der Waals surface area contributed by atoms with Gasteiger partial charge in [-0.15, -0.1) is 0 Å². The number of rotatable bonds is 4. The average molecular weight is 350 g/mol. The van der Waals surface area contributed by atoms with Crippen LogP contribution in [0, 0.1) is 0 Å². The van der Waals surface area contributed by atoms with Gasteiger partial charge in [-0.2, -0.15) is 0 Å². The van der Waals surface area contributed by atoms with Gasteiger partial charge in [0, 0.05) is 11.8 Å². The van der Waals surface area contributed by atoms with Crippen LogP contribution in [0.1, 0.15) is 15.9 Å². The van der Waals surface area contributed by atoms with Crippen molar-refractivity contribution < 1.29 is 9.53 Å². The highest BCUT2D eigenvalue weighted by molar-refractivity contribution is 6.36. The van der Waals surface area contributed by atoms with Gasteiger partial charge in [-0.1, -0.05) is 29.8 Å². The molecule has 1 N–H and O–H groups in total. The van der Waals surface area contributed by atoms with Crippen LogP contribution in [-0.4, -0.2) is 20.7 Å². The second-order valence-corrected chi connectivity index (χ2v) is 5.72. The number of benzene rings is 2. The normalized spacial score (nSPS) is 10.8. The van der Waals surface area contributed by atoms with Gasteiger partial charge in [-0.05, 0) is 36.4 Å². The van der Waals surface area contributed by atoms with E-state index in [1.54, 1.807) is 30.5 Å². The van der Waals surface area contributed by atoms with E-state index in [1.165, 1.54) is 6.33 Å². The van der Waals surface area contributed by atoms with Crippen molar-refractivity contribution in [1.29, 1.82) is 0 Å². The number of hydrogen-bond donors (Lipinski definition) is 1. The van der Waals surface area contributed by atoms with Gasteiger partial charge in [0.25, 0.3) is 0 Å². The Hall–Kier alpha value is -3.18. The van der Waals surface area contributed by atoms with Crippen LogP contribution >= 0.6 is 11.6 Å². The van der Waals surface area contributed by atoms with Gasteiger partial charge in [0.1, 0.15) is 28.6 Å². The third-order valence-corrected chi connectivity index (χ3v) is 4.05. The molecule has 2 aromatic heterocycles. The quantitative estimate of drug-likeness (QED) is 0.430. The first-order valence-electron chi connectivity index (χ1n) is 7.57. The fourth-order valence-electron chi connectivity index (χ4n) is 2.56. The molecule has 0 amide bonds. The third-order valence-electron chi connectivity index (χ3n) is 3.76. The van der Waals surface area contributed by atoms with Gasteiger partial charge in [0.15, 0.2) is 5.78 Å². The molecule has 4 aromatic rings. The maximum absolute atomic E-state index is 12.8. The zero-order valence-electron chi connectivity index (χ0n) is 12.9. The Morgan fingerprint density at radius 3 is 2.44 bits per heavy atom. The molecule has 6 heteroatoms. The molecule has 0 unspecified atom stereocenters. The predicted molar refractivity (Wildman–Crippen MR) is 95.3 cm³/mol. The monoisotopic (exact) mass is 349 g/mol. The number of nitrogens with zero attached hydrogens (tertiary/aromatic N) is 2. The van der Waals surface area contributed by atoms with E-state index in [9.17, 15) is 4.79 Å². The average Bonchev–Trinajstić information content (AvgIpc) is 3.08. The van der Waals surface area contributed by atoms with Crippen molar-refractivity contribution in [2.45, 2.75) is 0 Å². The molecule has 0 fully saturated rings. The minimum Gasteiger partial charge on any atom is -0.457 e. The summed E-state index contributed by atoms with van der Waals surface area (Å²) in [7, 11) is 0. The number of carbonyl (C=O) groups is 1. The zero-order chi connectivity index (χ0) is 17.2. The van der Waals surface area contributed by atoms with Gasteiger partial charge in [0.2, 0.25) is 0 Å². The number of halogens is 1. The fraction of sp³-hybridized carbons (Fsp3) is 0. The van der Waals surface area contributed by atoms with E-state index in [-0.39, 0.29) is 10.9 Å². The Bertz CT molecular complexity index is 1040. The third kappa shape index (κ3) is 2.97. The lowest BCUT2D eigenvalue weighted by molar-refractivity contribution is 0.104. The van der Waals surface area contributed by atoms with Gasteiger partial charge >= 0.3 is 0 Å². The molecular formula is C19H12ClN3O2. The van der Waals surface area contributed by atoms with Crippen molar-refractivity contribution in [1.82, 2.24) is 15.0 Å². The summed E-state index contributed by atoms with van der Waals surface area (Å²) >= 11 is 6.11. The lowest BCUT2D eigenvalue weighted by atomic mass is 10.0. The Morgan fingerprint density at radius 1 is 0.960 bits per heavy atom. The first-order valence-corrected chi connectivity index (χ1v) is 7.95. The molecule has 0 bridgehead atoms. The summed E-state index contributed by atoms with van der Waals surface area (Å²) in [5.74, 6) is 1.24. The second kappa shape index (κ2) is 6.37. The molecule has 0 saturated heterocycles. The maximum atomic E-state index is 12.8. The zero-order valence-corrected chi connectivity index (χ0v) is 13.7. The van der Waals surface area contributed by atoms with E-state index in [1.807, 2.05) is 30.3 Å². The number of para-hydroxylation sites is 1. The van der Waals surface area contributed by atoms with Gasteiger partial charge in [-0.3, -0.25) is 4.79 Å². The summed E-state index contributed by atoms with van der Waals surface area (Å²) < 4.78 is 5.73. The Labute approximate surface area is 148 Å². The minimum absolute atomic E-state index is 0.158. The first kappa shape index (κ1) is 15.4. The summed E-state index contributed by atoms with van der Waals surface area (Å²) in [6.07, 6.45) is 2.95. The van der Waals surface area contributed by atoms with Crippen LogP contribution in [0.2, 0.25) is 5.15 Å². The number of nitrogens with one attached hydrogen (secondary N) is 1. The molecule has 0 aliphatic heterocycles. The molecule has 4 rings (SSSR count). The highest BCUT2D eigenvalue weighted by Crippen LogP contribution is 2.26. The summed E-state index contributed by atoms with van der Waals surface area (Å²) in [4.78, 5) is 23.7. The molecule has 122 valence electrons. The molecule has 0 atom stereocenters. The summed E-state index contributed by atoms with van der Waals surface area (Å²) in [6, 6.07) is 16.4. The number of carbonyl (C=O) groups excluding carboxylic acids is 1. The number of H-pyrrole nitrogens is 1. The van der Waals surface area contributed by atoms with E-state index in [0.717, 1.165) is 5.75 Å². The molecule has 0 aliphatic rings. The lowest BCUT2D eigenvalue weighted by Crippen LogP contribution is -2.00. The van der Waals surface area contributed by atoms with E-state index in [4.69, 9.17) is 16.3 Å². The van der Waals surface area contributed by atoms with Crippen molar-refractivity contribution in [3.63, 3.8) is 0 Å². The number of ketones is 1. The lowest BCUT2D eigenvalue weighted by Gasteiger charge is -2.06. The number of fused-ring (bicyclic) bond motifs is 1. The van der Waals surface area contributed by atoms with Crippen LogP contribution in [0.25, 0.3) is 11.0 Å². The standard InChI is InChI=1S/C19H12ClN3O2/c20-18-16-15(10-21-19(16)23-11-22-18)17(24)12-6-8-14(9-7-12)25-13-4-2-1-3-5-13/h1-11H,(H,21,22,23). The van der Waals surface area contributed by atoms with E-state index < -0.39 is 0 Å². The largest absolute Gasteiger partial charge is 0.457 e. The van der Waals surface area contributed by atoms with E-state index >= 15 is 0 Å². The highest BCUT2D eigenvalue weighted by atomic mass is 35.5. The van der Waals surface area contributed by atoms with E-state index in [0.29, 0.717) is 27.9 Å². The van der Waals surface area contributed by atoms with Crippen LogP contribution in [0.3, 0.4) is 0 Å². The molecule has 0 spiro atoms. The Balaban J connectivity index is 1.62. The second-order valence-electron chi connectivity index (χ2n) is 5.36. The minimum atomic E-state index is -0.158. The number of aromatic nitrogens is 3. The number of hydrogen-bond acceptors (Lipinski definition) is 4. The molecule has 0 radical (unpaired) electrons. The number of ether oxygens (including phenoxy) is 1. The van der Waals surface area contributed by atoms with Crippen molar-refractivity contribution in [2.75, 3.05) is 0 Å². The molecule has 5 nitrogen and oxygen atoms in total. The van der Waals surface area contributed by atoms with Crippen LogP contribution < -0.4 is 4.74 Å². The molecule has 0 saturated carbocycles. The summed E-state index contributed by atoms with van der Waals surface area (Å²) in [6.45, 7) is 0. The fourth-order valence-corrected chi connectivity index (χ4v) is 2.79. The van der Waals surface area contributed by atoms with E-state index in [2.05, 4.69) is 15.0 Å². The van der Waals surface area contributed by atoms with Crippen LogP contribution in [0.5, 0.6) is 11.5 Å². The SMILES string of the molecule is O=C(c1ccc(Oc2ccccc2)cc1)c1c[nH]c2ncnc(Cl)c12.